The molecule has 1 heterocycles. The summed E-state index contributed by atoms with van der Waals surface area (Å²) >= 11 is 0. The minimum Gasteiger partial charge on any atom is -0.480 e. The lowest BCUT2D eigenvalue weighted by molar-refractivity contribution is -0.145. The molecule has 0 spiro atoms. The van der Waals surface area contributed by atoms with E-state index >= 15 is 0 Å². The van der Waals surface area contributed by atoms with E-state index in [0.717, 1.165) is 12.8 Å². The number of carboxylic acids is 1. The highest BCUT2D eigenvalue weighted by atomic mass is 16.4. The SMILES string of the molecule is CCN(C)C(=O)N1CCCC(C)C1C(=O)O. The molecule has 1 rings (SSSR count). The number of urea groups is 1. The Bertz CT molecular complexity index is 280. The number of likely N-dealkylation sites (tertiary alicyclic amines) is 1. The van der Waals surface area contributed by atoms with Crippen molar-refractivity contribution < 1.29 is 14.7 Å². The zero-order chi connectivity index (χ0) is 12.3. The van der Waals surface area contributed by atoms with E-state index in [4.69, 9.17) is 0 Å². The Balaban J connectivity index is 2.83. The second-order valence-corrected chi connectivity index (χ2v) is 4.39. The van der Waals surface area contributed by atoms with E-state index < -0.39 is 12.0 Å². The fourth-order valence-electron chi connectivity index (χ4n) is 2.13. The fraction of sp³-hybridized carbons (Fsp3) is 0.818. The van der Waals surface area contributed by atoms with Gasteiger partial charge in [0.1, 0.15) is 6.04 Å². The average molecular weight is 228 g/mol. The molecule has 0 aromatic heterocycles. The molecule has 1 aliphatic rings. The lowest BCUT2D eigenvalue weighted by atomic mass is 9.91. The number of carboxylic acid groups (broad SMARTS) is 1. The van der Waals surface area contributed by atoms with Crippen LogP contribution in [0.2, 0.25) is 0 Å². The van der Waals surface area contributed by atoms with Crippen molar-refractivity contribution in [3.8, 4) is 0 Å². The van der Waals surface area contributed by atoms with Crippen LogP contribution in [0.15, 0.2) is 0 Å². The highest BCUT2D eigenvalue weighted by Gasteiger charge is 2.37. The minimum absolute atomic E-state index is 0.0282. The quantitative estimate of drug-likeness (QED) is 0.773. The number of aliphatic carboxylic acids is 1. The van der Waals surface area contributed by atoms with Crippen molar-refractivity contribution in [2.45, 2.75) is 32.7 Å². The first-order chi connectivity index (χ1) is 7.49. The average Bonchev–Trinajstić information content (AvgIpc) is 2.26. The molecule has 1 fully saturated rings. The molecule has 5 heteroatoms. The van der Waals surface area contributed by atoms with Crippen molar-refractivity contribution in [1.29, 1.82) is 0 Å². The first kappa shape index (κ1) is 12.8. The van der Waals surface area contributed by atoms with Gasteiger partial charge < -0.3 is 14.9 Å². The van der Waals surface area contributed by atoms with Gasteiger partial charge in [-0.15, -0.1) is 0 Å². The maximum Gasteiger partial charge on any atom is 0.326 e. The van der Waals surface area contributed by atoms with Crippen LogP contribution < -0.4 is 0 Å². The predicted molar refractivity (Wildman–Crippen MR) is 60.2 cm³/mol. The zero-order valence-corrected chi connectivity index (χ0v) is 10.1. The van der Waals surface area contributed by atoms with Crippen LogP contribution >= 0.6 is 0 Å². The summed E-state index contributed by atoms with van der Waals surface area (Å²) in [5.41, 5.74) is 0. The van der Waals surface area contributed by atoms with Gasteiger partial charge in [-0.3, -0.25) is 0 Å². The largest absolute Gasteiger partial charge is 0.480 e. The predicted octanol–water partition coefficient (Wildman–Crippen LogP) is 1.24. The summed E-state index contributed by atoms with van der Waals surface area (Å²) in [4.78, 5) is 26.2. The van der Waals surface area contributed by atoms with Crippen molar-refractivity contribution in [2.75, 3.05) is 20.1 Å². The van der Waals surface area contributed by atoms with Crippen LogP contribution in [0.5, 0.6) is 0 Å². The smallest absolute Gasteiger partial charge is 0.326 e. The van der Waals surface area contributed by atoms with E-state index in [1.807, 2.05) is 13.8 Å². The summed E-state index contributed by atoms with van der Waals surface area (Å²) < 4.78 is 0. The van der Waals surface area contributed by atoms with Gasteiger partial charge in [-0.1, -0.05) is 6.92 Å². The Morgan fingerprint density at radius 3 is 2.62 bits per heavy atom. The maximum atomic E-state index is 12.0. The standard InChI is InChI=1S/C11H20N2O3/c1-4-12(3)11(16)13-7-5-6-8(2)9(13)10(14)15/h8-9H,4-7H2,1-3H3,(H,14,15). The first-order valence-corrected chi connectivity index (χ1v) is 5.73. The van der Waals surface area contributed by atoms with Crippen molar-refractivity contribution in [1.82, 2.24) is 9.80 Å². The topological polar surface area (TPSA) is 60.9 Å². The van der Waals surface area contributed by atoms with Gasteiger partial charge in [-0.25, -0.2) is 9.59 Å². The third-order valence-electron chi connectivity index (χ3n) is 3.23. The van der Waals surface area contributed by atoms with Gasteiger partial charge in [0.2, 0.25) is 0 Å². The number of rotatable bonds is 2. The van der Waals surface area contributed by atoms with E-state index in [9.17, 15) is 14.7 Å². The van der Waals surface area contributed by atoms with Gasteiger partial charge in [-0.2, -0.15) is 0 Å². The van der Waals surface area contributed by atoms with Gasteiger partial charge in [0.15, 0.2) is 0 Å². The monoisotopic (exact) mass is 228 g/mol. The van der Waals surface area contributed by atoms with Crippen LogP contribution in [0.25, 0.3) is 0 Å². The Morgan fingerprint density at radius 1 is 1.50 bits per heavy atom. The third-order valence-corrected chi connectivity index (χ3v) is 3.23. The lowest BCUT2D eigenvalue weighted by Gasteiger charge is -2.39. The summed E-state index contributed by atoms with van der Waals surface area (Å²) in [6.45, 7) is 4.91. The van der Waals surface area contributed by atoms with Gasteiger partial charge in [0.05, 0.1) is 0 Å². The number of carbonyl (C=O) groups excluding carboxylic acids is 1. The molecule has 0 bridgehead atoms. The lowest BCUT2D eigenvalue weighted by Crippen LogP contribution is -2.55. The molecule has 1 aliphatic heterocycles. The van der Waals surface area contributed by atoms with Crippen LogP contribution in [0.3, 0.4) is 0 Å². The number of hydrogen-bond acceptors (Lipinski definition) is 2. The Labute approximate surface area is 96.0 Å². The highest BCUT2D eigenvalue weighted by Crippen LogP contribution is 2.24. The summed E-state index contributed by atoms with van der Waals surface area (Å²) in [6.07, 6.45) is 1.75. The molecule has 0 radical (unpaired) electrons. The molecular formula is C11H20N2O3. The second kappa shape index (κ2) is 5.18. The molecule has 92 valence electrons. The molecule has 2 atom stereocenters. The highest BCUT2D eigenvalue weighted by molar-refractivity contribution is 5.83. The molecule has 1 N–H and O–H groups in total. The molecule has 16 heavy (non-hydrogen) atoms. The zero-order valence-electron chi connectivity index (χ0n) is 10.1. The van der Waals surface area contributed by atoms with Gasteiger partial charge in [-0.05, 0) is 25.7 Å². The van der Waals surface area contributed by atoms with Crippen molar-refractivity contribution in [2.24, 2.45) is 5.92 Å². The Hall–Kier alpha value is -1.26. The Morgan fingerprint density at radius 2 is 2.12 bits per heavy atom. The van der Waals surface area contributed by atoms with E-state index in [1.54, 1.807) is 11.9 Å². The number of amides is 2. The van der Waals surface area contributed by atoms with Gasteiger partial charge >= 0.3 is 12.0 Å². The van der Waals surface area contributed by atoms with Gasteiger partial charge in [0.25, 0.3) is 0 Å². The van der Waals surface area contributed by atoms with Gasteiger partial charge in [0, 0.05) is 20.1 Å². The normalized spacial score (nSPS) is 25.3. The molecule has 0 aromatic rings. The molecule has 2 amide bonds. The van der Waals surface area contributed by atoms with E-state index in [0.29, 0.717) is 13.1 Å². The summed E-state index contributed by atoms with van der Waals surface area (Å²) in [7, 11) is 1.69. The Kier molecular flexibility index (Phi) is 4.15. The number of nitrogens with zero attached hydrogens (tertiary/aromatic N) is 2. The van der Waals surface area contributed by atoms with E-state index in [2.05, 4.69) is 0 Å². The number of hydrogen-bond donors (Lipinski definition) is 1. The van der Waals surface area contributed by atoms with Crippen LogP contribution in [0.1, 0.15) is 26.7 Å². The van der Waals surface area contributed by atoms with Crippen LogP contribution in [-0.2, 0) is 4.79 Å². The molecule has 0 aromatic carbocycles. The van der Waals surface area contributed by atoms with Crippen LogP contribution in [0.4, 0.5) is 4.79 Å². The van der Waals surface area contributed by atoms with Crippen molar-refractivity contribution >= 4 is 12.0 Å². The van der Waals surface area contributed by atoms with Crippen molar-refractivity contribution in [3.05, 3.63) is 0 Å². The fourth-order valence-corrected chi connectivity index (χ4v) is 2.13. The second-order valence-electron chi connectivity index (χ2n) is 4.39. The summed E-state index contributed by atoms with van der Waals surface area (Å²) in [5.74, 6) is -0.870. The minimum atomic E-state index is -0.898. The summed E-state index contributed by atoms with van der Waals surface area (Å²) in [6, 6.07) is -0.850. The molecule has 1 saturated heterocycles. The van der Waals surface area contributed by atoms with E-state index in [1.165, 1.54) is 4.90 Å². The summed E-state index contributed by atoms with van der Waals surface area (Å²) in [5, 5.41) is 9.17. The molecule has 0 aliphatic carbocycles. The maximum absolute atomic E-state index is 12.0. The van der Waals surface area contributed by atoms with Crippen molar-refractivity contribution in [3.63, 3.8) is 0 Å². The number of piperidine rings is 1. The van der Waals surface area contributed by atoms with Crippen LogP contribution in [-0.4, -0.2) is 53.1 Å². The molecule has 2 unspecified atom stereocenters. The molecule has 0 saturated carbocycles. The molecular weight excluding hydrogens is 208 g/mol. The first-order valence-electron chi connectivity index (χ1n) is 5.73. The number of carbonyl (C=O) groups is 2. The molecule has 5 nitrogen and oxygen atoms in total. The van der Waals surface area contributed by atoms with E-state index in [-0.39, 0.29) is 11.9 Å². The third kappa shape index (κ3) is 2.46. The van der Waals surface area contributed by atoms with Crippen LogP contribution in [0, 0.1) is 5.92 Å².